The highest BCUT2D eigenvalue weighted by atomic mass is 14.8. The van der Waals surface area contributed by atoms with Gasteiger partial charge in [0, 0.05) is 12.4 Å². The summed E-state index contributed by atoms with van der Waals surface area (Å²) in [6, 6.07) is 0. The molecule has 0 bridgehead atoms. The molecule has 0 saturated carbocycles. The predicted molar refractivity (Wildman–Crippen MR) is 74.1 cm³/mol. The quantitative estimate of drug-likeness (QED) is 0.728. The van der Waals surface area contributed by atoms with Crippen LogP contribution in [0.5, 0.6) is 0 Å². The van der Waals surface area contributed by atoms with Crippen molar-refractivity contribution in [2.75, 3.05) is 0 Å². The number of aromatic nitrogens is 2. The van der Waals surface area contributed by atoms with Crippen LogP contribution in [-0.2, 0) is 0 Å². The van der Waals surface area contributed by atoms with E-state index in [1.807, 2.05) is 41.5 Å². The Hall–Kier alpha value is -1.44. The Bertz CT molecular complexity index is 294. The topological polar surface area (TPSA) is 25.8 Å². The molecule has 90 valence electrons. The standard InChI is InChI=1S/C10H12N2.2C2H6/c1-7(2)9-10(8(3)4)12-6-5-11-9;2*1-2/h5-6H,1,3H2,2,4H3;2*1-2H3. The Kier molecular flexibility index (Phi) is 10.7. The van der Waals surface area contributed by atoms with Gasteiger partial charge in [0.05, 0.1) is 11.4 Å². The second kappa shape index (κ2) is 10.1. The molecule has 0 aliphatic heterocycles. The molecule has 16 heavy (non-hydrogen) atoms. The van der Waals surface area contributed by atoms with Crippen LogP contribution in [0.2, 0.25) is 0 Å². The van der Waals surface area contributed by atoms with Gasteiger partial charge in [0.2, 0.25) is 0 Å². The van der Waals surface area contributed by atoms with E-state index < -0.39 is 0 Å². The molecule has 0 spiro atoms. The second-order valence-electron chi connectivity index (χ2n) is 2.81. The zero-order chi connectivity index (χ0) is 13.1. The Morgan fingerprint density at radius 1 is 0.812 bits per heavy atom. The van der Waals surface area contributed by atoms with Crippen molar-refractivity contribution in [3.63, 3.8) is 0 Å². The molecule has 0 aliphatic rings. The summed E-state index contributed by atoms with van der Waals surface area (Å²) in [5.74, 6) is 0. The smallest absolute Gasteiger partial charge is 0.0912 e. The van der Waals surface area contributed by atoms with Gasteiger partial charge in [0.1, 0.15) is 0 Å². The first-order valence-corrected chi connectivity index (χ1v) is 5.75. The molecule has 1 rings (SSSR count). The van der Waals surface area contributed by atoms with Gasteiger partial charge in [0.15, 0.2) is 0 Å². The van der Waals surface area contributed by atoms with Gasteiger partial charge in [-0.3, -0.25) is 9.97 Å². The molecule has 0 N–H and O–H groups in total. The summed E-state index contributed by atoms with van der Waals surface area (Å²) in [5, 5.41) is 0. The molecule has 1 aromatic rings. The van der Waals surface area contributed by atoms with Gasteiger partial charge >= 0.3 is 0 Å². The van der Waals surface area contributed by atoms with Crippen molar-refractivity contribution in [3.05, 3.63) is 36.9 Å². The van der Waals surface area contributed by atoms with E-state index in [0.717, 1.165) is 22.5 Å². The highest BCUT2D eigenvalue weighted by molar-refractivity contribution is 5.71. The highest BCUT2D eigenvalue weighted by Gasteiger charge is 2.04. The predicted octanol–water partition coefficient (Wildman–Crippen LogP) is 4.60. The van der Waals surface area contributed by atoms with Crippen molar-refractivity contribution in [2.45, 2.75) is 41.5 Å². The van der Waals surface area contributed by atoms with Gasteiger partial charge in [-0.05, 0) is 25.0 Å². The minimum Gasteiger partial charge on any atom is -0.253 e. The molecular formula is C14H24N2. The summed E-state index contributed by atoms with van der Waals surface area (Å²) in [5.41, 5.74) is 3.51. The van der Waals surface area contributed by atoms with E-state index in [2.05, 4.69) is 23.1 Å². The summed E-state index contributed by atoms with van der Waals surface area (Å²) >= 11 is 0. The van der Waals surface area contributed by atoms with Crippen LogP contribution in [0.4, 0.5) is 0 Å². The molecule has 0 aliphatic carbocycles. The minimum atomic E-state index is 0.838. The van der Waals surface area contributed by atoms with E-state index in [9.17, 15) is 0 Å². The Morgan fingerprint density at radius 2 is 1.06 bits per heavy atom. The average Bonchev–Trinajstić information content (AvgIpc) is 2.34. The molecule has 1 aromatic heterocycles. The minimum absolute atomic E-state index is 0.838. The van der Waals surface area contributed by atoms with Crippen molar-refractivity contribution in [1.82, 2.24) is 9.97 Å². The number of hydrogen-bond donors (Lipinski definition) is 0. The van der Waals surface area contributed by atoms with E-state index >= 15 is 0 Å². The molecule has 0 atom stereocenters. The van der Waals surface area contributed by atoms with Crippen LogP contribution in [0.3, 0.4) is 0 Å². The Balaban J connectivity index is 0. The molecule has 0 aromatic carbocycles. The summed E-state index contributed by atoms with van der Waals surface area (Å²) < 4.78 is 0. The van der Waals surface area contributed by atoms with Gasteiger partial charge in [-0.1, -0.05) is 40.9 Å². The molecule has 0 fully saturated rings. The van der Waals surface area contributed by atoms with Gasteiger partial charge in [-0.2, -0.15) is 0 Å². The van der Waals surface area contributed by atoms with Crippen LogP contribution in [0.15, 0.2) is 25.6 Å². The highest BCUT2D eigenvalue weighted by Crippen LogP contribution is 2.17. The van der Waals surface area contributed by atoms with Crippen molar-refractivity contribution in [3.8, 4) is 0 Å². The molecule has 2 nitrogen and oxygen atoms in total. The second-order valence-corrected chi connectivity index (χ2v) is 2.81. The fourth-order valence-corrected chi connectivity index (χ4v) is 0.963. The number of rotatable bonds is 2. The summed E-state index contributed by atoms with van der Waals surface area (Å²) in [6.07, 6.45) is 3.33. The lowest BCUT2D eigenvalue weighted by atomic mass is 10.1. The van der Waals surface area contributed by atoms with E-state index in [1.165, 1.54) is 0 Å². The molecular weight excluding hydrogens is 196 g/mol. The number of nitrogens with zero attached hydrogens (tertiary/aromatic N) is 2. The lowest BCUT2D eigenvalue weighted by Crippen LogP contribution is -1.95. The fraction of sp³-hybridized carbons (Fsp3) is 0.429. The molecule has 1 heterocycles. The van der Waals surface area contributed by atoms with Crippen LogP contribution < -0.4 is 0 Å². The third kappa shape index (κ3) is 5.44. The van der Waals surface area contributed by atoms with Crippen LogP contribution in [0.1, 0.15) is 52.9 Å². The average molecular weight is 220 g/mol. The van der Waals surface area contributed by atoms with Crippen LogP contribution >= 0.6 is 0 Å². The number of hydrogen-bond acceptors (Lipinski definition) is 2. The molecule has 0 unspecified atom stereocenters. The third-order valence-corrected chi connectivity index (χ3v) is 1.51. The first kappa shape index (κ1) is 17.0. The summed E-state index contributed by atoms with van der Waals surface area (Å²) in [6.45, 7) is 19.5. The maximum atomic E-state index is 4.18. The van der Waals surface area contributed by atoms with Gasteiger partial charge < -0.3 is 0 Å². The van der Waals surface area contributed by atoms with Gasteiger partial charge in [0.25, 0.3) is 0 Å². The van der Waals surface area contributed by atoms with E-state index in [0.29, 0.717) is 0 Å². The first-order valence-electron chi connectivity index (χ1n) is 5.75. The third-order valence-electron chi connectivity index (χ3n) is 1.51. The van der Waals surface area contributed by atoms with Crippen LogP contribution in [0.25, 0.3) is 11.1 Å². The molecule has 0 saturated heterocycles. The zero-order valence-electron chi connectivity index (χ0n) is 11.5. The molecule has 0 amide bonds. The normalized spacial score (nSPS) is 7.88. The Morgan fingerprint density at radius 3 is 1.25 bits per heavy atom. The van der Waals surface area contributed by atoms with Gasteiger partial charge in [-0.15, -0.1) is 0 Å². The maximum Gasteiger partial charge on any atom is 0.0912 e. The van der Waals surface area contributed by atoms with Crippen LogP contribution in [-0.4, -0.2) is 9.97 Å². The van der Waals surface area contributed by atoms with E-state index in [-0.39, 0.29) is 0 Å². The zero-order valence-corrected chi connectivity index (χ0v) is 11.5. The van der Waals surface area contributed by atoms with E-state index in [1.54, 1.807) is 12.4 Å². The van der Waals surface area contributed by atoms with Crippen molar-refractivity contribution in [2.24, 2.45) is 0 Å². The van der Waals surface area contributed by atoms with E-state index in [4.69, 9.17) is 0 Å². The van der Waals surface area contributed by atoms with Gasteiger partial charge in [-0.25, -0.2) is 0 Å². The Labute approximate surface area is 100 Å². The van der Waals surface area contributed by atoms with Crippen LogP contribution in [0, 0.1) is 0 Å². The summed E-state index contributed by atoms with van der Waals surface area (Å²) in [4.78, 5) is 8.35. The maximum absolute atomic E-state index is 4.18. The van der Waals surface area contributed by atoms with Crippen molar-refractivity contribution in [1.29, 1.82) is 0 Å². The lowest BCUT2D eigenvalue weighted by Gasteiger charge is -2.04. The fourth-order valence-electron chi connectivity index (χ4n) is 0.963. The molecule has 0 radical (unpaired) electrons. The summed E-state index contributed by atoms with van der Waals surface area (Å²) in [7, 11) is 0. The lowest BCUT2D eigenvalue weighted by molar-refractivity contribution is 1.13. The number of allylic oxidation sites excluding steroid dienone is 2. The largest absolute Gasteiger partial charge is 0.253 e. The van der Waals surface area contributed by atoms with Crippen molar-refractivity contribution >= 4 is 11.1 Å². The monoisotopic (exact) mass is 220 g/mol. The first-order chi connectivity index (χ1) is 7.63. The van der Waals surface area contributed by atoms with Crippen molar-refractivity contribution < 1.29 is 0 Å². The SMILES string of the molecule is C=C(C)c1nccnc1C(=C)C.CC.CC. The molecule has 2 heteroatoms.